The third kappa shape index (κ3) is 2.18. The fraction of sp³-hybridized carbons (Fsp3) is 0.143. The largest absolute Gasteiger partial charge is 0.478 e. The summed E-state index contributed by atoms with van der Waals surface area (Å²) < 4.78 is 0. The van der Waals surface area contributed by atoms with E-state index in [1.807, 2.05) is 25.1 Å². The highest BCUT2D eigenvalue weighted by atomic mass is 16.4. The van der Waals surface area contributed by atoms with Gasteiger partial charge in [0.1, 0.15) is 0 Å². The Morgan fingerprint density at radius 1 is 1.33 bits per heavy atom. The first-order valence-corrected chi connectivity index (χ1v) is 5.67. The highest BCUT2D eigenvalue weighted by Gasteiger charge is 2.11. The molecule has 0 saturated heterocycles. The molecule has 0 spiro atoms. The summed E-state index contributed by atoms with van der Waals surface area (Å²) >= 11 is 0. The second kappa shape index (κ2) is 4.87. The van der Waals surface area contributed by atoms with Gasteiger partial charge >= 0.3 is 5.97 Å². The summed E-state index contributed by atoms with van der Waals surface area (Å²) in [5.41, 5.74) is 2.57. The van der Waals surface area contributed by atoms with Gasteiger partial charge in [-0.3, -0.25) is 4.79 Å². The summed E-state index contributed by atoms with van der Waals surface area (Å²) in [7, 11) is 0. The number of hydrogen-bond acceptors (Lipinski definition) is 2. The van der Waals surface area contributed by atoms with Gasteiger partial charge in [-0.15, -0.1) is 0 Å². The number of aliphatic carboxylic acids is 1. The fourth-order valence-electron chi connectivity index (χ4n) is 1.95. The van der Waals surface area contributed by atoms with E-state index in [1.165, 1.54) is 0 Å². The van der Waals surface area contributed by atoms with Crippen molar-refractivity contribution >= 4 is 22.7 Å². The van der Waals surface area contributed by atoms with E-state index < -0.39 is 5.97 Å². The van der Waals surface area contributed by atoms with Gasteiger partial charge in [0.05, 0.1) is 0 Å². The van der Waals surface area contributed by atoms with Crippen molar-refractivity contribution in [3.63, 3.8) is 0 Å². The fourth-order valence-corrected chi connectivity index (χ4v) is 1.95. The molecule has 92 valence electrons. The molecule has 0 aliphatic rings. The predicted octanol–water partition coefficient (Wildman–Crippen LogP) is 2.55. The van der Waals surface area contributed by atoms with Gasteiger partial charge in [0.25, 0.3) is 0 Å². The first-order valence-electron chi connectivity index (χ1n) is 5.67. The number of ketones is 1. The number of aryl methyl sites for hydroxylation is 1. The van der Waals surface area contributed by atoms with Crippen LogP contribution in [0.2, 0.25) is 0 Å². The number of para-hydroxylation sites is 1. The number of carbonyl (C=O) groups is 2. The van der Waals surface area contributed by atoms with Crippen LogP contribution in [0.4, 0.5) is 0 Å². The van der Waals surface area contributed by atoms with Crippen molar-refractivity contribution in [2.75, 3.05) is 0 Å². The normalized spacial score (nSPS) is 11.2. The lowest BCUT2D eigenvalue weighted by Gasteiger charge is -1.99. The van der Waals surface area contributed by atoms with Crippen LogP contribution in [-0.4, -0.2) is 21.8 Å². The second-order valence-corrected chi connectivity index (χ2v) is 3.93. The summed E-state index contributed by atoms with van der Waals surface area (Å²) in [5, 5.41) is 9.34. The Balaban J connectivity index is 2.47. The molecule has 0 amide bonds. The number of nitrogens with one attached hydrogen (secondary N) is 1. The molecule has 1 heterocycles. The number of hydrogen-bond donors (Lipinski definition) is 2. The zero-order chi connectivity index (χ0) is 13.1. The lowest BCUT2D eigenvalue weighted by molar-refractivity contribution is -0.131. The molecule has 2 aromatic rings. The first kappa shape index (κ1) is 12.1. The Hall–Kier alpha value is -2.36. The molecule has 0 aliphatic heterocycles. The molecule has 2 rings (SSSR count). The van der Waals surface area contributed by atoms with Crippen LogP contribution in [0, 0.1) is 0 Å². The molecule has 0 bridgehead atoms. The Morgan fingerprint density at radius 2 is 2.11 bits per heavy atom. The Morgan fingerprint density at radius 3 is 2.78 bits per heavy atom. The van der Waals surface area contributed by atoms with Crippen LogP contribution in [0.3, 0.4) is 0 Å². The van der Waals surface area contributed by atoms with Gasteiger partial charge in [-0.05, 0) is 18.1 Å². The monoisotopic (exact) mass is 243 g/mol. The van der Waals surface area contributed by atoms with E-state index in [0.717, 1.165) is 35.0 Å². The number of benzene rings is 1. The van der Waals surface area contributed by atoms with Gasteiger partial charge in [0.2, 0.25) is 0 Å². The van der Waals surface area contributed by atoms with Crippen LogP contribution < -0.4 is 0 Å². The van der Waals surface area contributed by atoms with Gasteiger partial charge < -0.3 is 10.1 Å². The highest BCUT2D eigenvalue weighted by molar-refractivity contribution is 6.14. The maximum absolute atomic E-state index is 11.9. The minimum absolute atomic E-state index is 0.308. The van der Waals surface area contributed by atoms with E-state index in [-0.39, 0.29) is 5.78 Å². The lowest BCUT2D eigenvalue weighted by atomic mass is 10.0. The third-order valence-corrected chi connectivity index (χ3v) is 2.83. The minimum atomic E-state index is -1.13. The molecule has 4 heteroatoms. The molecule has 0 atom stereocenters. The summed E-state index contributed by atoms with van der Waals surface area (Å²) in [6, 6.07) is 5.75. The molecule has 0 radical (unpaired) electrons. The molecular formula is C14H13NO3. The zero-order valence-corrected chi connectivity index (χ0v) is 9.93. The van der Waals surface area contributed by atoms with Crippen molar-refractivity contribution in [1.82, 2.24) is 4.98 Å². The third-order valence-electron chi connectivity index (χ3n) is 2.83. The Bertz CT molecular complexity index is 638. The van der Waals surface area contributed by atoms with Crippen LogP contribution in [-0.2, 0) is 11.2 Å². The van der Waals surface area contributed by atoms with E-state index in [2.05, 4.69) is 4.98 Å². The van der Waals surface area contributed by atoms with E-state index in [4.69, 9.17) is 5.11 Å². The SMILES string of the molecule is CCc1cccc2c(C(=O)C=CC(=O)O)c[nH]c12. The average Bonchev–Trinajstić information content (AvgIpc) is 2.79. The lowest BCUT2D eigenvalue weighted by Crippen LogP contribution is -1.95. The number of carboxylic acids is 1. The zero-order valence-electron chi connectivity index (χ0n) is 9.93. The molecule has 1 aromatic carbocycles. The topological polar surface area (TPSA) is 70.2 Å². The molecule has 0 unspecified atom stereocenters. The number of carboxylic acid groups (broad SMARTS) is 1. The van der Waals surface area contributed by atoms with Crippen molar-refractivity contribution < 1.29 is 14.7 Å². The van der Waals surface area contributed by atoms with Gasteiger partial charge in [0.15, 0.2) is 5.78 Å². The van der Waals surface area contributed by atoms with E-state index >= 15 is 0 Å². The van der Waals surface area contributed by atoms with Gasteiger partial charge in [-0.2, -0.15) is 0 Å². The van der Waals surface area contributed by atoms with Crippen LogP contribution >= 0.6 is 0 Å². The molecule has 0 saturated carbocycles. The Labute approximate surface area is 104 Å². The predicted molar refractivity (Wildman–Crippen MR) is 68.8 cm³/mol. The van der Waals surface area contributed by atoms with Crippen molar-refractivity contribution in [2.24, 2.45) is 0 Å². The molecule has 0 aliphatic carbocycles. The number of fused-ring (bicyclic) bond motifs is 1. The highest BCUT2D eigenvalue weighted by Crippen LogP contribution is 2.22. The van der Waals surface area contributed by atoms with E-state index in [0.29, 0.717) is 5.56 Å². The maximum Gasteiger partial charge on any atom is 0.328 e. The van der Waals surface area contributed by atoms with Crippen LogP contribution in [0.5, 0.6) is 0 Å². The molecule has 18 heavy (non-hydrogen) atoms. The minimum Gasteiger partial charge on any atom is -0.478 e. The standard InChI is InChI=1S/C14H13NO3/c1-2-9-4-3-5-10-11(8-15-14(9)10)12(16)6-7-13(17)18/h3-8,15H,2H2,1H3,(H,17,18). The number of aromatic amines is 1. The second-order valence-electron chi connectivity index (χ2n) is 3.93. The van der Waals surface area contributed by atoms with Crippen molar-refractivity contribution in [3.8, 4) is 0 Å². The molecule has 2 N–H and O–H groups in total. The van der Waals surface area contributed by atoms with Gasteiger partial charge in [0, 0.05) is 28.7 Å². The number of carbonyl (C=O) groups excluding carboxylic acids is 1. The average molecular weight is 243 g/mol. The Kier molecular flexibility index (Phi) is 3.28. The summed E-state index contributed by atoms with van der Waals surface area (Å²) in [4.78, 5) is 25.3. The molecule has 0 fully saturated rings. The number of allylic oxidation sites excluding steroid dienone is 1. The summed E-state index contributed by atoms with van der Waals surface area (Å²) in [6.07, 6.45) is 4.42. The van der Waals surface area contributed by atoms with Crippen LogP contribution in [0.1, 0.15) is 22.8 Å². The number of H-pyrrole nitrogens is 1. The van der Waals surface area contributed by atoms with E-state index in [9.17, 15) is 9.59 Å². The molecular weight excluding hydrogens is 230 g/mol. The summed E-state index contributed by atoms with van der Waals surface area (Å²) in [5.74, 6) is -1.44. The summed E-state index contributed by atoms with van der Waals surface area (Å²) in [6.45, 7) is 2.04. The van der Waals surface area contributed by atoms with Crippen LogP contribution in [0.15, 0.2) is 36.5 Å². The van der Waals surface area contributed by atoms with E-state index in [1.54, 1.807) is 6.20 Å². The maximum atomic E-state index is 11.9. The molecule has 4 nitrogen and oxygen atoms in total. The van der Waals surface area contributed by atoms with Crippen molar-refractivity contribution in [2.45, 2.75) is 13.3 Å². The van der Waals surface area contributed by atoms with Gasteiger partial charge in [-0.25, -0.2) is 4.79 Å². The van der Waals surface area contributed by atoms with Crippen molar-refractivity contribution in [1.29, 1.82) is 0 Å². The number of rotatable bonds is 4. The van der Waals surface area contributed by atoms with Crippen molar-refractivity contribution in [3.05, 3.63) is 47.7 Å². The quantitative estimate of drug-likeness (QED) is 0.640. The first-order chi connectivity index (χ1) is 8.63. The smallest absolute Gasteiger partial charge is 0.328 e. The molecule has 1 aromatic heterocycles. The number of aromatic nitrogens is 1. The van der Waals surface area contributed by atoms with Gasteiger partial charge in [-0.1, -0.05) is 25.1 Å². The van der Waals surface area contributed by atoms with Crippen LogP contribution in [0.25, 0.3) is 10.9 Å².